The van der Waals surface area contributed by atoms with Gasteiger partial charge in [0.1, 0.15) is 17.6 Å². The van der Waals surface area contributed by atoms with Crippen molar-refractivity contribution in [3.05, 3.63) is 48.5 Å². The van der Waals surface area contributed by atoms with Gasteiger partial charge < -0.3 is 10.2 Å². The molecular weight excluding hydrogens is 338 g/mol. The van der Waals surface area contributed by atoms with Crippen molar-refractivity contribution in [3.8, 4) is 0 Å². The van der Waals surface area contributed by atoms with Crippen molar-refractivity contribution in [1.82, 2.24) is 13.6 Å². The average molecular weight is 353 g/mol. The first-order valence-electron chi connectivity index (χ1n) is 7.85. The number of anilines is 2. The molecule has 0 atom stereocenters. The predicted octanol–water partition coefficient (Wildman–Crippen LogP) is 2.57. The first-order chi connectivity index (χ1) is 12.2. The maximum atomic E-state index is 12.5. The zero-order valence-corrected chi connectivity index (χ0v) is 14.1. The fourth-order valence-corrected chi connectivity index (χ4v) is 3.40. The number of hydrogen-bond donors (Lipinski definition) is 1. The first-order valence-corrected chi connectivity index (χ1v) is 8.58. The molecule has 0 aliphatic carbocycles. The van der Waals surface area contributed by atoms with Gasteiger partial charge in [-0.15, -0.1) is 0 Å². The second-order valence-corrected chi connectivity index (χ2v) is 6.21. The van der Waals surface area contributed by atoms with E-state index in [1.54, 1.807) is 15.9 Å². The first kappa shape index (κ1) is 15.5. The summed E-state index contributed by atoms with van der Waals surface area (Å²) >= 11 is 1.10. The molecule has 2 aromatic carbocycles. The normalized spacial score (nSPS) is 14.3. The number of amides is 3. The van der Waals surface area contributed by atoms with E-state index in [1.165, 1.54) is 0 Å². The van der Waals surface area contributed by atoms with Crippen LogP contribution in [-0.4, -0.2) is 45.2 Å². The summed E-state index contributed by atoms with van der Waals surface area (Å²) in [5.41, 5.74) is 2.87. The molecule has 0 saturated carbocycles. The number of hydrogen-bond acceptors (Lipinski definition) is 5. The topological polar surface area (TPSA) is 78.4 Å². The zero-order valence-electron chi connectivity index (χ0n) is 13.3. The molecule has 3 amide bonds. The van der Waals surface area contributed by atoms with Crippen molar-refractivity contribution in [3.63, 3.8) is 0 Å². The Balaban J connectivity index is 1.43. The van der Waals surface area contributed by atoms with Gasteiger partial charge in [0.25, 0.3) is 0 Å². The molecule has 1 N–H and O–H groups in total. The van der Waals surface area contributed by atoms with Crippen molar-refractivity contribution >= 4 is 46.1 Å². The lowest BCUT2D eigenvalue weighted by Gasteiger charge is -2.18. The van der Waals surface area contributed by atoms with Crippen LogP contribution < -0.4 is 10.2 Å². The Morgan fingerprint density at radius 1 is 1.08 bits per heavy atom. The van der Waals surface area contributed by atoms with Crippen molar-refractivity contribution in [1.29, 1.82) is 0 Å². The molecule has 8 heteroatoms. The number of aromatic nitrogens is 2. The van der Waals surface area contributed by atoms with Gasteiger partial charge in [-0.1, -0.05) is 24.3 Å². The van der Waals surface area contributed by atoms with Crippen LogP contribution in [0.15, 0.2) is 48.5 Å². The third kappa shape index (κ3) is 3.03. The van der Waals surface area contributed by atoms with Gasteiger partial charge in [0.05, 0.1) is 17.4 Å². The van der Waals surface area contributed by atoms with Crippen molar-refractivity contribution in [2.24, 2.45) is 0 Å². The summed E-state index contributed by atoms with van der Waals surface area (Å²) in [6, 6.07) is 14.7. The third-order valence-electron chi connectivity index (χ3n) is 4.06. The Bertz CT molecular complexity index is 927. The van der Waals surface area contributed by atoms with Crippen molar-refractivity contribution in [2.75, 3.05) is 29.9 Å². The molecule has 2 heterocycles. The van der Waals surface area contributed by atoms with E-state index in [2.05, 4.69) is 14.1 Å². The van der Waals surface area contributed by atoms with Gasteiger partial charge in [0.2, 0.25) is 5.91 Å². The summed E-state index contributed by atoms with van der Waals surface area (Å²) < 4.78 is 8.35. The molecule has 7 nitrogen and oxygen atoms in total. The average Bonchev–Trinajstić information content (AvgIpc) is 3.24. The van der Waals surface area contributed by atoms with Gasteiger partial charge in [-0.2, -0.15) is 8.75 Å². The lowest BCUT2D eigenvalue weighted by atomic mass is 10.2. The fourth-order valence-electron chi connectivity index (χ4n) is 2.85. The maximum Gasteiger partial charge on any atom is 0.325 e. The summed E-state index contributed by atoms with van der Waals surface area (Å²) in [5, 5.41) is 2.83. The van der Waals surface area contributed by atoms with Crippen LogP contribution in [-0.2, 0) is 4.79 Å². The van der Waals surface area contributed by atoms with Gasteiger partial charge in [0, 0.05) is 18.8 Å². The highest BCUT2D eigenvalue weighted by molar-refractivity contribution is 7.00. The summed E-state index contributed by atoms with van der Waals surface area (Å²) in [7, 11) is 0. The predicted molar refractivity (Wildman–Crippen MR) is 96.8 cm³/mol. The van der Waals surface area contributed by atoms with E-state index in [-0.39, 0.29) is 18.5 Å². The molecular formula is C17H15N5O2S. The van der Waals surface area contributed by atoms with Crippen LogP contribution in [0.5, 0.6) is 0 Å². The molecule has 1 aliphatic rings. The van der Waals surface area contributed by atoms with E-state index >= 15 is 0 Å². The van der Waals surface area contributed by atoms with Crippen LogP contribution in [0.1, 0.15) is 0 Å². The van der Waals surface area contributed by atoms with Crippen LogP contribution in [0.3, 0.4) is 0 Å². The summed E-state index contributed by atoms with van der Waals surface area (Å²) in [6.07, 6.45) is 0. The molecule has 1 aliphatic heterocycles. The maximum absolute atomic E-state index is 12.5. The van der Waals surface area contributed by atoms with E-state index in [1.807, 2.05) is 42.5 Å². The number of rotatable bonds is 4. The zero-order chi connectivity index (χ0) is 17.2. The number of benzene rings is 2. The van der Waals surface area contributed by atoms with Gasteiger partial charge >= 0.3 is 6.03 Å². The Kier molecular flexibility index (Phi) is 4.02. The molecule has 1 fully saturated rings. The van der Waals surface area contributed by atoms with Gasteiger partial charge in [-0.05, 0) is 24.3 Å². The molecule has 0 radical (unpaired) electrons. The van der Waals surface area contributed by atoms with Gasteiger partial charge in [-0.25, -0.2) is 4.79 Å². The molecule has 4 rings (SSSR count). The van der Waals surface area contributed by atoms with Crippen LogP contribution in [0.4, 0.5) is 16.2 Å². The Morgan fingerprint density at radius 3 is 2.76 bits per heavy atom. The second-order valence-electron chi connectivity index (χ2n) is 5.68. The third-order valence-corrected chi connectivity index (χ3v) is 4.60. The standard InChI is InChI=1S/C17H15N5O2S/c23-15(18-13-7-4-8-14-16(13)20-25-19-14)11-21-9-10-22(17(21)24)12-5-2-1-3-6-12/h1-8H,9-11H2,(H,18,23). The fraction of sp³-hybridized carbons (Fsp3) is 0.176. The minimum atomic E-state index is -0.247. The largest absolute Gasteiger partial charge is 0.325 e. The highest BCUT2D eigenvalue weighted by Gasteiger charge is 2.30. The number of urea groups is 1. The van der Waals surface area contributed by atoms with Crippen LogP contribution >= 0.6 is 11.7 Å². The second kappa shape index (κ2) is 6.48. The van der Waals surface area contributed by atoms with Crippen LogP contribution in [0.2, 0.25) is 0 Å². The SMILES string of the molecule is O=C(CN1CCN(c2ccccc2)C1=O)Nc1cccc2nsnc12. The minimum absolute atomic E-state index is 0.0100. The molecule has 25 heavy (non-hydrogen) atoms. The van der Waals surface area contributed by atoms with E-state index in [0.29, 0.717) is 24.3 Å². The van der Waals surface area contributed by atoms with E-state index in [4.69, 9.17) is 0 Å². The lowest BCUT2D eigenvalue weighted by Crippen LogP contribution is -2.37. The molecule has 0 unspecified atom stereocenters. The summed E-state index contributed by atoms with van der Waals surface area (Å²) in [5.74, 6) is -0.247. The quantitative estimate of drug-likeness (QED) is 0.782. The molecule has 0 spiro atoms. The van der Waals surface area contributed by atoms with E-state index in [0.717, 1.165) is 22.9 Å². The van der Waals surface area contributed by atoms with Crippen molar-refractivity contribution < 1.29 is 9.59 Å². The molecule has 1 saturated heterocycles. The Labute approximate surface area is 148 Å². The Hall–Kier alpha value is -3.00. The highest BCUT2D eigenvalue weighted by Crippen LogP contribution is 2.22. The smallest absolute Gasteiger partial charge is 0.323 e. The number of carbonyl (C=O) groups is 2. The summed E-state index contributed by atoms with van der Waals surface area (Å²) in [6.45, 7) is 1.10. The van der Waals surface area contributed by atoms with Gasteiger partial charge in [-0.3, -0.25) is 9.69 Å². The molecule has 1 aromatic heterocycles. The molecule has 0 bridgehead atoms. The van der Waals surface area contributed by atoms with Crippen molar-refractivity contribution in [2.45, 2.75) is 0 Å². The van der Waals surface area contributed by atoms with Crippen LogP contribution in [0, 0.1) is 0 Å². The number of carbonyl (C=O) groups excluding carboxylic acids is 2. The number of para-hydroxylation sites is 1. The van der Waals surface area contributed by atoms with Gasteiger partial charge in [0.15, 0.2) is 0 Å². The van der Waals surface area contributed by atoms with E-state index < -0.39 is 0 Å². The lowest BCUT2D eigenvalue weighted by molar-refractivity contribution is -0.116. The number of fused-ring (bicyclic) bond motifs is 1. The number of nitrogens with zero attached hydrogens (tertiary/aromatic N) is 4. The monoisotopic (exact) mass is 353 g/mol. The minimum Gasteiger partial charge on any atom is -0.323 e. The van der Waals surface area contributed by atoms with Crippen LogP contribution in [0.25, 0.3) is 11.0 Å². The molecule has 126 valence electrons. The van der Waals surface area contributed by atoms with E-state index in [9.17, 15) is 9.59 Å². The Morgan fingerprint density at radius 2 is 1.92 bits per heavy atom. The summed E-state index contributed by atoms with van der Waals surface area (Å²) in [4.78, 5) is 28.1. The highest BCUT2D eigenvalue weighted by atomic mass is 32.1. The number of nitrogens with one attached hydrogen (secondary N) is 1. The molecule has 3 aromatic rings.